The van der Waals surface area contributed by atoms with Crippen LogP contribution in [0.15, 0.2) is 47.4 Å². The maximum atomic E-state index is 13.2. The number of nitrogens with one attached hydrogen (secondary N) is 1. The SMILES string of the molecule is CS(=O)(=O)c1cccc(C(=O)Nc2cc(C(F)(F)F)ccc2N2CCOCC2)c1. The highest BCUT2D eigenvalue weighted by atomic mass is 32.2. The molecule has 1 aliphatic rings. The van der Waals surface area contributed by atoms with Crippen molar-refractivity contribution < 1.29 is 31.1 Å². The molecular weight excluding hydrogens is 409 g/mol. The number of rotatable bonds is 4. The summed E-state index contributed by atoms with van der Waals surface area (Å²) in [6, 6.07) is 8.49. The minimum Gasteiger partial charge on any atom is -0.378 e. The first kappa shape index (κ1) is 21.1. The third-order valence-electron chi connectivity index (χ3n) is 4.45. The van der Waals surface area contributed by atoms with Crippen molar-refractivity contribution in [1.82, 2.24) is 0 Å². The van der Waals surface area contributed by atoms with E-state index in [9.17, 15) is 26.4 Å². The first-order valence-electron chi connectivity index (χ1n) is 8.71. The van der Waals surface area contributed by atoms with E-state index in [1.807, 2.05) is 4.90 Å². The smallest absolute Gasteiger partial charge is 0.378 e. The number of sulfone groups is 1. The molecule has 0 aliphatic carbocycles. The van der Waals surface area contributed by atoms with Gasteiger partial charge >= 0.3 is 6.18 Å². The zero-order valence-corrected chi connectivity index (χ0v) is 16.3. The highest BCUT2D eigenvalue weighted by molar-refractivity contribution is 7.90. The summed E-state index contributed by atoms with van der Waals surface area (Å²) in [5.41, 5.74) is -0.432. The molecule has 0 aromatic heterocycles. The highest BCUT2D eigenvalue weighted by Crippen LogP contribution is 2.36. The Kier molecular flexibility index (Phi) is 5.85. The quantitative estimate of drug-likeness (QED) is 0.810. The second-order valence-corrected chi connectivity index (χ2v) is 8.60. The van der Waals surface area contributed by atoms with E-state index in [4.69, 9.17) is 4.74 Å². The van der Waals surface area contributed by atoms with Crippen LogP contribution < -0.4 is 10.2 Å². The lowest BCUT2D eigenvalue weighted by atomic mass is 10.1. The maximum absolute atomic E-state index is 13.2. The van der Waals surface area contributed by atoms with Crippen LogP contribution in [0.3, 0.4) is 0 Å². The highest BCUT2D eigenvalue weighted by Gasteiger charge is 2.32. The van der Waals surface area contributed by atoms with Gasteiger partial charge in [-0.3, -0.25) is 4.79 Å². The molecule has 3 rings (SSSR count). The van der Waals surface area contributed by atoms with Gasteiger partial charge in [-0.05, 0) is 36.4 Å². The second kappa shape index (κ2) is 8.03. The number of hydrogen-bond donors (Lipinski definition) is 1. The number of morpholine rings is 1. The molecule has 0 spiro atoms. The Hall–Kier alpha value is -2.59. The van der Waals surface area contributed by atoms with E-state index in [-0.39, 0.29) is 16.1 Å². The molecule has 0 radical (unpaired) electrons. The lowest BCUT2D eigenvalue weighted by Crippen LogP contribution is -2.36. The third-order valence-corrected chi connectivity index (χ3v) is 5.56. The number of nitrogens with zero attached hydrogens (tertiary/aromatic N) is 1. The Morgan fingerprint density at radius 2 is 1.79 bits per heavy atom. The average molecular weight is 428 g/mol. The molecule has 2 aromatic carbocycles. The summed E-state index contributed by atoms with van der Waals surface area (Å²) >= 11 is 0. The standard InChI is InChI=1S/C19H19F3N2O4S/c1-29(26,27)15-4-2-3-13(11-15)18(25)23-16-12-14(19(20,21)22)5-6-17(16)24-7-9-28-10-8-24/h2-6,11-12H,7-10H2,1H3,(H,23,25). The molecule has 1 fully saturated rings. The average Bonchev–Trinajstić information content (AvgIpc) is 2.67. The van der Waals surface area contributed by atoms with E-state index in [1.54, 1.807) is 0 Å². The minimum atomic E-state index is -4.57. The van der Waals surface area contributed by atoms with Crippen molar-refractivity contribution in [2.75, 3.05) is 42.8 Å². The van der Waals surface area contributed by atoms with Gasteiger partial charge in [-0.2, -0.15) is 13.2 Å². The number of ether oxygens (including phenoxy) is 1. The summed E-state index contributed by atoms with van der Waals surface area (Å²) < 4.78 is 68.2. The zero-order chi connectivity index (χ0) is 21.2. The minimum absolute atomic E-state index is 0.00326. The fourth-order valence-electron chi connectivity index (χ4n) is 2.95. The number of halogens is 3. The summed E-state index contributed by atoms with van der Waals surface area (Å²) in [4.78, 5) is 14.4. The molecule has 1 amide bonds. The molecule has 1 aliphatic heterocycles. The van der Waals surface area contributed by atoms with Crippen molar-refractivity contribution in [3.8, 4) is 0 Å². The summed E-state index contributed by atoms with van der Waals surface area (Å²) in [7, 11) is -3.53. The number of carbonyl (C=O) groups excluding carboxylic acids is 1. The summed E-state index contributed by atoms with van der Waals surface area (Å²) in [6.07, 6.45) is -3.56. The van der Waals surface area contributed by atoms with Gasteiger partial charge in [0.15, 0.2) is 9.84 Å². The van der Waals surface area contributed by atoms with E-state index in [2.05, 4.69) is 5.32 Å². The third kappa shape index (κ3) is 5.07. The molecule has 29 heavy (non-hydrogen) atoms. The Morgan fingerprint density at radius 1 is 1.10 bits per heavy atom. The molecule has 1 saturated heterocycles. The molecule has 2 aromatic rings. The number of amides is 1. The van der Waals surface area contributed by atoms with Crippen molar-refractivity contribution >= 4 is 27.1 Å². The van der Waals surface area contributed by atoms with Crippen molar-refractivity contribution in [2.45, 2.75) is 11.1 Å². The maximum Gasteiger partial charge on any atom is 0.416 e. The predicted molar refractivity (Wildman–Crippen MR) is 102 cm³/mol. The number of anilines is 2. The molecule has 10 heteroatoms. The van der Waals surface area contributed by atoms with E-state index >= 15 is 0 Å². The fraction of sp³-hybridized carbons (Fsp3) is 0.316. The summed E-state index contributed by atoms with van der Waals surface area (Å²) in [6.45, 7) is 1.78. The Bertz CT molecular complexity index is 1020. The fourth-order valence-corrected chi connectivity index (χ4v) is 3.62. The van der Waals surface area contributed by atoms with Gasteiger partial charge in [0.1, 0.15) is 0 Å². The Balaban J connectivity index is 1.96. The molecular formula is C19H19F3N2O4S. The number of alkyl halides is 3. The van der Waals surface area contributed by atoms with Gasteiger partial charge < -0.3 is 15.0 Å². The predicted octanol–water partition coefficient (Wildman–Crippen LogP) is 3.20. The van der Waals surface area contributed by atoms with Crippen LogP contribution in [-0.2, 0) is 20.8 Å². The van der Waals surface area contributed by atoms with Crippen LogP contribution in [0.1, 0.15) is 15.9 Å². The lowest BCUT2D eigenvalue weighted by molar-refractivity contribution is -0.137. The van der Waals surface area contributed by atoms with Gasteiger partial charge in [0, 0.05) is 24.9 Å². The summed E-state index contributed by atoms with van der Waals surface area (Å²) in [5.74, 6) is -0.704. The summed E-state index contributed by atoms with van der Waals surface area (Å²) in [5, 5.41) is 2.50. The largest absolute Gasteiger partial charge is 0.416 e. The molecule has 156 valence electrons. The molecule has 0 saturated carbocycles. The first-order chi connectivity index (χ1) is 13.6. The normalized spacial score (nSPS) is 15.2. The van der Waals surface area contributed by atoms with Crippen molar-refractivity contribution in [2.24, 2.45) is 0 Å². The van der Waals surface area contributed by atoms with Crippen LogP contribution in [0.4, 0.5) is 24.5 Å². The lowest BCUT2D eigenvalue weighted by Gasteiger charge is -2.31. The van der Waals surface area contributed by atoms with Crippen molar-refractivity contribution in [3.05, 3.63) is 53.6 Å². The van der Waals surface area contributed by atoms with Crippen LogP contribution in [0.5, 0.6) is 0 Å². The van der Waals surface area contributed by atoms with E-state index in [0.717, 1.165) is 18.4 Å². The van der Waals surface area contributed by atoms with Gasteiger partial charge in [0.25, 0.3) is 5.91 Å². The number of carbonyl (C=O) groups is 1. The Labute approximate surface area is 166 Å². The van der Waals surface area contributed by atoms with Crippen LogP contribution in [0.25, 0.3) is 0 Å². The van der Waals surface area contributed by atoms with Crippen LogP contribution >= 0.6 is 0 Å². The van der Waals surface area contributed by atoms with Gasteiger partial charge in [-0.1, -0.05) is 6.07 Å². The monoisotopic (exact) mass is 428 g/mol. The van der Waals surface area contributed by atoms with Crippen LogP contribution in [0, 0.1) is 0 Å². The van der Waals surface area contributed by atoms with Gasteiger partial charge in [0.2, 0.25) is 0 Å². The van der Waals surface area contributed by atoms with Gasteiger partial charge in [-0.15, -0.1) is 0 Å². The van der Waals surface area contributed by atoms with E-state index < -0.39 is 27.5 Å². The van der Waals surface area contributed by atoms with Crippen molar-refractivity contribution in [3.63, 3.8) is 0 Å². The van der Waals surface area contributed by atoms with Gasteiger partial charge in [0.05, 0.1) is 35.0 Å². The topological polar surface area (TPSA) is 75.7 Å². The molecule has 0 bridgehead atoms. The second-order valence-electron chi connectivity index (χ2n) is 6.58. The molecule has 1 N–H and O–H groups in total. The first-order valence-corrected chi connectivity index (χ1v) is 10.6. The number of hydrogen-bond acceptors (Lipinski definition) is 5. The van der Waals surface area contributed by atoms with Crippen molar-refractivity contribution in [1.29, 1.82) is 0 Å². The number of benzene rings is 2. The van der Waals surface area contributed by atoms with Gasteiger partial charge in [-0.25, -0.2) is 8.42 Å². The van der Waals surface area contributed by atoms with Crippen LogP contribution in [0.2, 0.25) is 0 Å². The van der Waals surface area contributed by atoms with E-state index in [1.165, 1.54) is 30.3 Å². The molecule has 6 nitrogen and oxygen atoms in total. The Morgan fingerprint density at radius 3 is 2.41 bits per heavy atom. The molecule has 1 heterocycles. The van der Waals surface area contributed by atoms with Crippen LogP contribution in [-0.4, -0.2) is 46.9 Å². The molecule has 0 atom stereocenters. The van der Waals surface area contributed by atoms with E-state index in [0.29, 0.717) is 32.0 Å². The molecule has 0 unspecified atom stereocenters. The zero-order valence-electron chi connectivity index (χ0n) is 15.5.